The van der Waals surface area contributed by atoms with E-state index in [9.17, 15) is 9.59 Å². The summed E-state index contributed by atoms with van der Waals surface area (Å²) in [6.45, 7) is 6.41. The Kier molecular flexibility index (Phi) is 7.31. The smallest absolute Gasteiger partial charge is 0.255 e. The van der Waals surface area contributed by atoms with Gasteiger partial charge >= 0.3 is 0 Å². The van der Waals surface area contributed by atoms with Gasteiger partial charge in [0.05, 0.1) is 7.11 Å². The number of carbonyl (C=O) groups is 2. The van der Waals surface area contributed by atoms with Crippen LogP contribution >= 0.6 is 0 Å². The second kappa shape index (κ2) is 10.1. The molecule has 2 amide bonds. The van der Waals surface area contributed by atoms with Gasteiger partial charge in [-0.25, -0.2) is 0 Å². The molecule has 0 aliphatic heterocycles. The van der Waals surface area contributed by atoms with E-state index in [1.807, 2.05) is 48.5 Å². The van der Waals surface area contributed by atoms with Gasteiger partial charge in [0.2, 0.25) is 5.91 Å². The lowest BCUT2D eigenvalue weighted by Gasteiger charge is -2.19. The molecule has 32 heavy (non-hydrogen) atoms. The van der Waals surface area contributed by atoms with Gasteiger partial charge in [-0.1, -0.05) is 51.1 Å². The average Bonchev–Trinajstić information content (AvgIpc) is 2.78. The van der Waals surface area contributed by atoms with E-state index in [0.29, 0.717) is 29.8 Å². The first-order valence-corrected chi connectivity index (χ1v) is 10.7. The molecule has 0 aromatic heterocycles. The third kappa shape index (κ3) is 6.45. The SMILES string of the molecule is COc1ccc(CCC(=O)Nc2cccc(NC(=O)c3ccc(C(C)(C)C)cc3)c2)cc1. The zero-order valence-electron chi connectivity index (χ0n) is 19.1. The van der Waals surface area contributed by atoms with Gasteiger partial charge in [0.1, 0.15) is 5.75 Å². The first-order chi connectivity index (χ1) is 15.2. The molecule has 0 aliphatic carbocycles. The molecule has 2 N–H and O–H groups in total. The van der Waals surface area contributed by atoms with Crippen LogP contribution in [0.5, 0.6) is 5.75 Å². The van der Waals surface area contributed by atoms with E-state index < -0.39 is 0 Å². The van der Waals surface area contributed by atoms with Gasteiger partial charge in [-0.15, -0.1) is 0 Å². The second-order valence-electron chi connectivity index (χ2n) is 8.76. The van der Waals surface area contributed by atoms with Crippen molar-refractivity contribution in [1.29, 1.82) is 0 Å². The van der Waals surface area contributed by atoms with Crippen LogP contribution in [0.2, 0.25) is 0 Å². The Hall–Kier alpha value is -3.60. The van der Waals surface area contributed by atoms with E-state index in [1.54, 1.807) is 31.4 Å². The third-order valence-corrected chi connectivity index (χ3v) is 5.22. The molecule has 3 rings (SSSR count). The Balaban J connectivity index is 1.56. The van der Waals surface area contributed by atoms with Crippen LogP contribution in [0.4, 0.5) is 11.4 Å². The number of nitrogens with one attached hydrogen (secondary N) is 2. The largest absolute Gasteiger partial charge is 0.497 e. The van der Waals surface area contributed by atoms with Crippen LogP contribution in [-0.2, 0) is 16.6 Å². The first kappa shape index (κ1) is 23.1. The topological polar surface area (TPSA) is 67.4 Å². The van der Waals surface area contributed by atoms with E-state index in [1.165, 1.54) is 5.56 Å². The number of aryl methyl sites for hydroxylation is 1. The fourth-order valence-corrected chi connectivity index (χ4v) is 3.27. The summed E-state index contributed by atoms with van der Waals surface area (Å²) in [5.41, 5.74) is 4.14. The van der Waals surface area contributed by atoms with Crippen molar-refractivity contribution in [1.82, 2.24) is 0 Å². The molecule has 0 radical (unpaired) electrons. The van der Waals surface area contributed by atoms with E-state index >= 15 is 0 Å². The number of carbonyl (C=O) groups excluding carboxylic acids is 2. The van der Waals surface area contributed by atoms with E-state index in [-0.39, 0.29) is 17.2 Å². The molecule has 0 bridgehead atoms. The molecule has 0 aliphatic rings. The first-order valence-electron chi connectivity index (χ1n) is 10.7. The Bertz CT molecular complexity index is 1070. The van der Waals surface area contributed by atoms with Crippen molar-refractivity contribution >= 4 is 23.2 Å². The summed E-state index contributed by atoms with van der Waals surface area (Å²) >= 11 is 0. The van der Waals surface area contributed by atoms with Crippen molar-refractivity contribution < 1.29 is 14.3 Å². The Morgan fingerprint density at radius 3 is 2.06 bits per heavy atom. The fourth-order valence-electron chi connectivity index (χ4n) is 3.27. The van der Waals surface area contributed by atoms with Crippen LogP contribution in [0.3, 0.4) is 0 Å². The molecule has 0 unspecified atom stereocenters. The lowest BCUT2D eigenvalue weighted by Crippen LogP contribution is -2.15. The zero-order chi connectivity index (χ0) is 23.1. The number of rotatable bonds is 7. The molecule has 0 saturated heterocycles. The highest BCUT2D eigenvalue weighted by Crippen LogP contribution is 2.23. The predicted molar refractivity (Wildman–Crippen MR) is 129 cm³/mol. The van der Waals surface area contributed by atoms with Crippen LogP contribution < -0.4 is 15.4 Å². The average molecular weight is 431 g/mol. The van der Waals surface area contributed by atoms with Crippen LogP contribution in [-0.4, -0.2) is 18.9 Å². The highest BCUT2D eigenvalue weighted by Gasteiger charge is 2.14. The van der Waals surface area contributed by atoms with Crippen molar-refractivity contribution in [2.75, 3.05) is 17.7 Å². The fraction of sp³-hybridized carbons (Fsp3) is 0.259. The number of ether oxygens (including phenoxy) is 1. The molecule has 166 valence electrons. The van der Waals surface area contributed by atoms with Gasteiger partial charge in [-0.3, -0.25) is 9.59 Å². The molecule has 0 atom stereocenters. The molecule has 0 spiro atoms. The number of amides is 2. The number of hydrogen-bond acceptors (Lipinski definition) is 3. The van der Waals surface area contributed by atoms with Crippen LogP contribution in [0.25, 0.3) is 0 Å². The minimum Gasteiger partial charge on any atom is -0.497 e. The summed E-state index contributed by atoms with van der Waals surface area (Å²) in [6.07, 6.45) is 1.000. The third-order valence-electron chi connectivity index (χ3n) is 5.22. The summed E-state index contributed by atoms with van der Waals surface area (Å²) in [5, 5.41) is 5.79. The Labute approximate surface area is 189 Å². The van der Waals surface area contributed by atoms with E-state index in [4.69, 9.17) is 4.74 Å². The molecular formula is C27H30N2O3. The number of hydrogen-bond donors (Lipinski definition) is 2. The molecule has 3 aromatic carbocycles. The lowest BCUT2D eigenvalue weighted by atomic mass is 9.87. The Morgan fingerprint density at radius 2 is 1.47 bits per heavy atom. The molecule has 5 nitrogen and oxygen atoms in total. The zero-order valence-corrected chi connectivity index (χ0v) is 19.1. The summed E-state index contributed by atoms with van der Waals surface area (Å²) < 4.78 is 5.15. The van der Waals surface area contributed by atoms with Crippen molar-refractivity contribution in [3.8, 4) is 5.75 Å². The number of benzene rings is 3. The predicted octanol–water partition coefficient (Wildman–Crippen LogP) is 5.82. The number of anilines is 2. The normalized spacial score (nSPS) is 11.0. The van der Waals surface area contributed by atoms with Gasteiger partial charge in [-0.05, 0) is 65.4 Å². The van der Waals surface area contributed by atoms with Crippen LogP contribution in [0.15, 0.2) is 72.8 Å². The van der Waals surface area contributed by atoms with Crippen LogP contribution in [0.1, 0.15) is 48.7 Å². The summed E-state index contributed by atoms with van der Waals surface area (Å²) in [5.74, 6) is 0.526. The summed E-state index contributed by atoms with van der Waals surface area (Å²) in [7, 11) is 1.63. The van der Waals surface area contributed by atoms with Gasteiger partial charge < -0.3 is 15.4 Å². The van der Waals surface area contributed by atoms with Crippen molar-refractivity contribution in [3.63, 3.8) is 0 Å². The van der Waals surface area contributed by atoms with Crippen molar-refractivity contribution in [3.05, 3.63) is 89.5 Å². The maximum absolute atomic E-state index is 12.6. The van der Waals surface area contributed by atoms with Crippen LogP contribution in [0, 0.1) is 0 Å². The molecule has 0 fully saturated rings. The van der Waals surface area contributed by atoms with Crippen molar-refractivity contribution in [2.24, 2.45) is 0 Å². The van der Waals surface area contributed by atoms with Gasteiger partial charge in [-0.2, -0.15) is 0 Å². The maximum atomic E-state index is 12.6. The Morgan fingerprint density at radius 1 is 0.844 bits per heavy atom. The standard InChI is InChI=1S/C27H30N2O3/c1-27(2,3)21-13-11-20(12-14-21)26(31)29-23-7-5-6-22(18-23)28-25(30)17-10-19-8-15-24(32-4)16-9-19/h5-9,11-16,18H,10,17H2,1-4H3,(H,28,30)(H,29,31). The van der Waals surface area contributed by atoms with Gasteiger partial charge in [0.25, 0.3) is 5.91 Å². The molecule has 0 saturated carbocycles. The molecule has 0 heterocycles. The lowest BCUT2D eigenvalue weighted by molar-refractivity contribution is -0.116. The number of methoxy groups -OCH3 is 1. The molecular weight excluding hydrogens is 400 g/mol. The van der Waals surface area contributed by atoms with Crippen molar-refractivity contribution in [2.45, 2.75) is 39.0 Å². The van der Waals surface area contributed by atoms with Gasteiger partial charge in [0.15, 0.2) is 0 Å². The summed E-state index contributed by atoms with van der Waals surface area (Å²) in [4.78, 5) is 25.0. The molecule has 3 aromatic rings. The van der Waals surface area contributed by atoms with E-state index in [0.717, 1.165) is 11.3 Å². The molecule has 5 heteroatoms. The van der Waals surface area contributed by atoms with Gasteiger partial charge in [0, 0.05) is 23.4 Å². The monoisotopic (exact) mass is 430 g/mol. The highest BCUT2D eigenvalue weighted by molar-refractivity contribution is 6.04. The second-order valence-corrected chi connectivity index (χ2v) is 8.76. The highest BCUT2D eigenvalue weighted by atomic mass is 16.5. The maximum Gasteiger partial charge on any atom is 0.255 e. The quantitative estimate of drug-likeness (QED) is 0.497. The summed E-state index contributed by atoms with van der Waals surface area (Å²) in [6, 6.07) is 22.5. The minimum atomic E-state index is -0.187. The van der Waals surface area contributed by atoms with E-state index in [2.05, 4.69) is 31.4 Å². The minimum absolute atomic E-state index is 0.0366.